The smallest absolute Gasteiger partial charge is 0.308 e. The zero-order valence-corrected chi connectivity index (χ0v) is 11.4. The van der Waals surface area contributed by atoms with E-state index in [1.165, 1.54) is 7.11 Å². The second kappa shape index (κ2) is 8.43. The molecule has 0 saturated carbocycles. The molecule has 0 heterocycles. The van der Waals surface area contributed by atoms with Crippen LogP contribution in [0.15, 0.2) is 30.3 Å². The SMILES string of the molecule is COCCC(=O)OC(C)CC(C=O)c1ccccc1. The highest BCUT2D eigenvalue weighted by Crippen LogP contribution is 2.20. The predicted octanol–water partition coefficient (Wildman–Crippen LogP) is 2.33. The van der Waals surface area contributed by atoms with Gasteiger partial charge in [0.2, 0.25) is 0 Å². The van der Waals surface area contributed by atoms with E-state index in [-0.39, 0.29) is 24.4 Å². The Bertz CT molecular complexity index is 388. The molecule has 19 heavy (non-hydrogen) atoms. The molecular weight excluding hydrogens is 244 g/mol. The molecule has 0 saturated heterocycles. The largest absolute Gasteiger partial charge is 0.463 e. The van der Waals surface area contributed by atoms with Crippen LogP contribution in [0.1, 0.15) is 31.2 Å². The highest BCUT2D eigenvalue weighted by molar-refractivity contribution is 5.69. The van der Waals surface area contributed by atoms with E-state index in [1.54, 1.807) is 6.92 Å². The summed E-state index contributed by atoms with van der Waals surface area (Å²) in [5.74, 6) is -0.543. The van der Waals surface area contributed by atoms with Gasteiger partial charge in [0.1, 0.15) is 6.29 Å². The van der Waals surface area contributed by atoms with Crippen LogP contribution in [-0.2, 0) is 19.1 Å². The van der Waals surface area contributed by atoms with E-state index in [0.29, 0.717) is 13.0 Å². The molecule has 0 aliphatic rings. The molecule has 0 aromatic heterocycles. The Labute approximate surface area is 113 Å². The number of esters is 1. The molecule has 4 heteroatoms. The van der Waals surface area contributed by atoms with Crippen LogP contribution in [0.2, 0.25) is 0 Å². The van der Waals surface area contributed by atoms with Crippen LogP contribution in [0.5, 0.6) is 0 Å². The summed E-state index contributed by atoms with van der Waals surface area (Å²) >= 11 is 0. The van der Waals surface area contributed by atoms with Crippen LogP contribution in [-0.4, -0.2) is 32.1 Å². The van der Waals surface area contributed by atoms with E-state index in [2.05, 4.69) is 0 Å². The molecule has 1 rings (SSSR count). The Kier molecular flexibility index (Phi) is 6.82. The summed E-state index contributed by atoms with van der Waals surface area (Å²) in [5, 5.41) is 0. The van der Waals surface area contributed by atoms with Crippen molar-refractivity contribution in [2.75, 3.05) is 13.7 Å². The summed E-state index contributed by atoms with van der Waals surface area (Å²) in [6.07, 6.45) is 1.33. The van der Waals surface area contributed by atoms with E-state index in [4.69, 9.17) is 9.47 Å². The number of methoxy groups -OCH3 is 1. The van der Waals surface area contributed by atoms with E-state index < -0.39 is 0 Å². The van der Waals surface area contributed by atoms with Gasteiger partial charge in [-0.2, -0.15) is 0 Å². The number of rotatable bonds is 8. The fourth-order valence-corrected chi connectivity index (χ4v) is 1.84. The van der Waals surface area contributed by atoms with Crippen molar-refractivity contribution < 1.29 is 19.1 Å². The Hall–Kier alpha value is -1.68. The van der Waals surface area contributed by atoms with Crippen molar-refractivity contribution in [2.45, 2.75) is 31.8 Å². The lowest BCUT2D eigenvalue weighted by Crippen LogP contribution is -2.19. The molecule has 0 radical (unpaired) electrons. The minimum atomic E-state index is -0.299. The van der Waals surface area contributed by atoms with Gasteiger partial charge in [-0.05, 0) is 18.9 Å². The third-order valence-electron chi connectivity index (χ3n) is 2.82. The summed E-state index contributed by atoms with van der Waals surface area (Å²) < 4.78 is 10.0. The quantitative estimate of drug-likeness (QED) is 0.534. The second-order valence-corrected chi connectivity index (χ2v) is 4.43. The maximum atomic E-state index is 11.4. The zero-order chi connectivity index (χ0) is 14.1. The second-order valence-electron chi connectivity index (χ2n) is 4.43. The molecule has 1 aromatic carbocycles. The number of hydrogen-bond acceptors (Lipinski definition) is 4. The van der Waals surface area contributed by atoms with Crippen LogP contribution in [0, 0.1) is 0 Å². The maximum Gasteiger partial charge on any atom is 0.308 e. The van der Waals surface area contributed by atoms with Gasteiger partial charge >= 0.3 is 5.97 Å². The maximum absolute atomic E-state index is 11.4. The van der Waals surface area contributed by atoms with Gasteiger partial charge in [-0.3, -0.25) is 4.79 Å². The fraction of sp³-hybridized carbons (Fsp3) is 0.467. The molecule has 104 valence electrons. The molecule has 0 fully saturated rings. The number of carbonyl (C=O) groups is 2. The molecule has 0 aliphatic carbocycles. The molecule has 2 unspecified atom stereocenters. The summed E-state index contributed by atoms with van der Waals surface area (Å²) in [5.41, 5.74) is 0.942. The number of carbonyl (C=O) groups excluding carboxylic acids is 2. The normalized spacial score (nSPS) is 13.6. The lowest BCUT2D eigenvalue weighted by Gasteiger charge is -2.17. The minimum absolute atomic E-state index is 0.234. The molecule has 4 nitrogen and oxygen atoms in total. The van der Waals surface area contributed by atoms with Gasteiger partial charge in [0.05, 0.1) is 19.1 Å². The Morgan fingerprint density at radius 1 is 1.32 bits per heavy atom. The monoisotopic (exact) mass is 264 g/mol. The lowest BCUT2D eigenvalue weighted by molar-refractivity contribution is -0.150. The zero-order valence-electron chi connectivity index (χ0n) is 11.4. The van der Waals surface area contributed by atoms with Crippen molar-refractivity contribution in [1.29, 1.82) is 0 Å². The van der Waals surface area contributed by atoms with E-state index in [1.807, 2.05) is 30.3 Å². The first-order valence-electron chi connectivity index (χ1n) is 6.36. The van der Waals surface area contributed by atoms with Crippen molar-refractivity contribution >= 4 is 12.3 Å². The molecule has 2 atom stereocenters. The lowest BCUT2D eigenvalue weighted by atomic mass is 9.95. The van der Waals surface area contributed by atoms with Gasteiger partial charge in [0.15, 0.2) is 0 Å². The highest BCUT2D eigenvalue weighted by atomic mass is 16.5. The van der Waals surface area contributed by atoms with Gasteiger partial charge in [0, 0.05) is 13.0 Å². The number of ether oxygens (including phenoxy) is 2. The average molecular weight is 264 g/mol. The molecule has 0 aliphatic heterocycles. The first-order valence-corrected chi connectivity index (χ1v) is 6.36. The minimum Gasteiger partial charge on any atom is -0.463 e. The van der Waals surface area contributed by atoms with Crippen molar-refractivity contribution in [1.82, 2.24) is 0 Å². The predicted molar refractivity (Wildman–Crippen MR) is 71.9 cm³/mol. The number of hydrogen-bond donors (Lipinski definition) is 0. The summed E-state index contributed by atoms with van der Waals surface area (Å²) in [6, 6.07) is 9.48. The van der Waals surface area contributed by atoms with Crippen molar-refractivity contribution in [3.05, 3.63) is 35.9 Å². The van der Waals surface area contributed by atoms with Gasteiger partial charge in [-0.25, -0.2) is 0 Å². The van der Waals surface area contributed by atoms with Gasteiger partial charge in [0.25, 0.3) is 0 Å². The van der Waals surface area contributed by atoms with Gasteiger partial charge in [-0.1, -0.05) is 30.3 Å². The summed E-state index contributed by atoms with van der Waals surface area (Å²) in [4.78, 5) is 22.6. The summed E-state index contributed by atoms with van der Waals surface area (Å²) in [6.45, 7) is 2.14. The van der Waals surface area contributed by atoms with Crippen molar-refractivity contribution in [3.8, 4) is 0 Å². The number of aldehydes is 1. The highest BCUT2D eigenvalue weighted by Gasteiger charge is 2.17. The topological polar surface area (TPSA) is 52.6 Å². The Morgan fingerprint density at radius 2 is 2.00 bits per heavy atom. The molecule has 0 spiro atoms. The molecule has 0 N–H and O–H groups in total. The Balaban J connectivity index is 2.47. The first kappa shape index (κ1) is 15.4. The molecule has 1 aromatic rings. The van der Waals surface area contributed by atoms with E-state index in [0.717, 1.165) is 11.8 Å². The van der Waals surface area contributed by atoms with Crippen LogP contribution in [0.4, 0.5) is 0 Å². The van der Waals surface area contributed by atoms with Gasteiger partial charge < -0.3 is 14.3 Å². The molecule has 0 bridgehead atoms. The van der Waals surface area contributed by atoms with Crippen LogP contribution in [0.25, 0.3) is 0 Å². The molecule has 0 amide bonds. The average Bonchev–Trinajstić information content (AvgIpc) is 2.43. The first-order chi connectivity index (χ1) is 9.17. The van der Waals surface area contributed by atoms with Gasteiger partial charge in [-0.15, -0.1) is 0 Å². The van der Waals surface area contributed by atoms with Crippen molar-refractivity contribution in [2.24, 2.45) is 0 Å². The summed E-state index contributed by atoms with van der Waals surface area (Å²) in [7, 11) is 1.54. The fourth-order valence-electron chi connectivity index (χ4n) is 1.84. The van der Waals surface area contributed by atoms with E-state index in [9.17, 15) is 9.59 Å². The van der Waals surface area contributed by atoms with Crippen molar-refractivity contribution in [3.63, 3.8) is 0 Å². The van der Waals surface area contributed by atoms with E-state index >= 15 is 0 Å². The van der Waals surface area contributed by atoms with Crippen LogP contribution >= 0.6 is 0 Å². The Morgan fingerprint density at radius 3 is 2.58 bits per heavy atom. The van der Waals surface area contributed by atoms with Crippen LogP contribution in [0.3, 0.4) is 0 Å². The molecular formula is C15H20O4. The third-order valence-corrected chi connectivity index (χ3v) is 2.82. The van der Waals surface area contributed by atoms with Crippen LogP contribution < -0.4 is 0 Å². The third kappa shape index (κ3) is 5.66. The number of benzene rings is 1. The standard InChI is InChI=1S/C15H20O4/c1-12(19-15(17)8-9-18-2)10-14(11-16)13-6-4-3-5-7-13/h3-7,11-12,14H,8-10H2,1-2H3.